The van der Waals surface area contributed by atoms with E-state index in [4.69, 9.17) is 10.1 Å². The van der Waals surface area contributed by atoms with Gasteiger partial charge in [0.1, 0.15) is 5.75 Å². The van der Waals surface area contributed by atoms with Crippen molar-refractivity contribution in [3.63, 3.8) is 0 Å². The molecule has 1 aromatic rings. The number of aryl methyl sites for hydroxylation is 2. The third kappa shape index (κ3) is 1.37. The van der Waals surface area contributed by atoms with Gasteiger partial charge < -0.3 is 4.74 Å². The Bertz CT molecular complexity index is 316. The number of nitrogens with zero attached hydrogens (tertiary/aromatic N) is 2. The van der Waals surface area contributed by atoms with Crippen molar-refractivity contribution >= 4 is 5.69 Å². The van der Waals surface area contributed by atoms with Crippen molar-refractivity contribution in [3.05, 3.63) is 28.2 Å². The number of hydrogen-bond acceptors (Lipinski definition) is 2. The van der Waals surface area contributed by atoms with Crippen LogP contribution < -0.4 is 4.74 Å². The van der Waals surface area contributed by atoms with Crippen molar-refractivity contribution in [3.8, 4) is 5.75 Å². The highest BCUT2D eigenvalue weighted by Crippen LogP contribution is 2.28. The van der Waals surface area contributed by atoms with E-state index in [1.165, 1.54) is 0 Å². The first kappa shape index (κ1) is 8.54. The van der Waals surface area contributed by atoms with Gasteiger partial charge in [0.15, 0.2) is 4.98 Å². The molecule has 0 N–H and O–H groups in total. The summed E-state index contributed by atoms with van der Waals surface area (Å²) in [5.41, 5.74) is 2.44. The molecule has 0 unspecified atom stereocenters. The zero-order valence-corrected chi connectivity index (χ0v) is 7.46. The minimum atomic E-state index is 0.621. The quantitative estimate of drug-likeness (QED) is 0.597. The van der Waals surface area contributed by atoms with Crippen LogP contribution >= 0.6 is 0 Å². The summed E-state index contributed by atoms with van der Waals surface area (Å²) in [5.74, 6) is 0.789. The Morgan fingerprint density at radius 3 is 2.08 bits per heavy atom. The number of ether oxygens (including phenoxy) is 1. The number of diazo groups is 1. The minimum absolute atomic E-state index is 0.621. The topological polar surface area (TPSA) is 37.4 Å². The van der Waals surface area contributed by atoms with Crippen LogP contribution in [0, 0.1) is 19.2 Å². The molecule has 0 aliphatic carbocycles. The van der Waals surface area contributed by atoms with Gasteiger partial charge in [-0.05, 0) is 26.0 Å². The average Bonchev–Trinajstić information content (AvgIpc) is 2.03. The van der Waals surface area contributed by atoms with Crippen LogP contribution in [0.4, 0.5) is 5.69 Å². The van der Waals surface area contributed by atoms with Gasteiger partial charge in [-0.1, -0.05) is 0 Å². The second-order valence-corrected chi connectivity index (χ2v) is 2.71. The second-order valence-electron chi connectivity index (χ2n) is 2.71. The van der Waals surface area contributed by atoms with Crippen LogP contribution in [0.15, 0.2) is 12.1 Å². The Balaban J connectivity index is 3.30. The van der Waals surface area contributed by atoms with E-state index in [9.17, 15) is 0 Å². The second kappa shape index (κ2) is 3.22. The number of methoxy groups -OCH3 is 1. The average molecular weight is 163 g/mol. The fraction of sp³-hybridized carbons (Fsp3) is 0.333. The SMILES string of the molecule is COc1cc(C)c([N+]#N)c(C)c1. The van der Waals surface area contributed by atoms with Gasteiger partial charge in [-0.15, -0.1) is 0 Å². The van der Waals surface area contributed by atoms with E-state index in [0.717, 1.165) is 16.9 Å². The van der Waals surface area contributed by atoms with E-state index in [0.29, 0.717) is 5.69 Å². The van der Waals surface area contributed by atoms with Crippen molar-refractivity contribution in [2.24, 2.45) is 0 Å². The predicted octanol–water partition coefficient (Wildman–Crippen LogP) is 2.80. The zero-order valence-electron chi connectivity index (χ0n) is 7.46. The summed E-state index contributed by atoms with van der Waals surface area (Å²) >= 11 is 0. The van der Waals surface area contributed by atoms with Gasteiger partial charge in [-0.2, -0.15) is 0 Å². The first-order valence-corrected chi connectivity index (χ1v) is 3.69. The Morgan fingerprint density at radius 1 is 1.25 bits per heavy atom. The lowest BCUT2D eigenvalue weighted by Crippen LogP contribution is -1.85. The van der Waals surface area contributed by atoms with E-state index in [1.54, 1.807) is 7.11 Å². The van der Waals surface area contributed by atoms with E-state index >= 15 is 0 Å². The first-order chi connectivity index (χ1) is 5.69. The number of benzene rings is 1. The van der Waals surface area contributed by atoms with Crippen molar-refractivity contribution in [2.45, 2.75) is 13.8 Å². The Hall–Kier alpha value is -1.56. The standard InChI is InChI=1S/C9H11N2O/c1-6-4-8(12-3)5-7(2)9(6)11-10/h4-5H,1-3H3/q+1. The Labute approximate surface area is 71.6 Å². The molecule has 0 fully saturated rings. The van der Waals surface area contributed by atoms with Crippen LogP contribution in [0.3, 0.4) is 0 Å². The van der Waals surface area contributed by atoms with Crippen LogP contribution in [0.5, 0.6) is 5.75 Å². The van der Waals surface area contributed by atoms with Crippen LogP contribution in [0.2, 0.25) is 0 Å². The summed E-state index contributed by atoms with van der Waals surface area (Å²) in [6.45, 7) is 3.76. The van der Waals surface area contributed by atoms with E-state index in [-0.39, 0.29) is 0 Å². The van der Waals surface area contributed by atoms with Crippen molar-refractivity contribution < 1.29 is 4.74 Å². The molecule has 12 heavy (non-hydrogen) atoms. The molecule has 0 bridgehead atoms. The largest absolute Gasteiger partial charge is 0.497 e. The van der Waals surface area contributed by atoms with Crippen molar-refractivity contribution in [1.29, 1.82) is 5.39 Å². The lowest BCUT2D eigenvalue weighted by atomic mass is 10.1. The van der Waals surface area contributed by atoms with E-state index in [1.807, 2.05) is 26.0 Å². The monoisotopic (exact) mass is 163 g/mol. The van der Waals surface area contributed by atoms with Crippen molar-refractivity contribution in [2.75, 3.05) is 7.11 Å². The van der Waals surface area contributed by atoms with Gasteiger partial charge in [-0.25, -0.2) is 0 Å². The molecular formula is C9H11N2O+. The molecule has 0 heterocycles. The molecule has 3 nitrogen and oxygen atoms in total. The molecule has 1 rings (SSSR count). The molecule has 0 radical (unpaired) electrons. The van der Waals surface area contributed by atoms with Gasteiger partial charge in [0.25, 0.3) is 0 Å². The summed E-state index contributed by atoms with van der Waals surface area (Å²) in [5, 5.41) is 8.65. The summed E-state index contributed by atoms with van der Waals surface area (Å²) < 4.78 is 5.05. The molecule has 0 atom stereocenters. The van der Waals surface area contributed by atoms with E-state index in [2.05, 4.69) is 4.98 Å². The first-order valence-electron chi connectivity index (χ1n) is 3.69. The molecular weight excluding hydrogens is 152 g/mol. The highest BCUT2D eigenvalue weighted by Gasteiger charge is 2.15. The summed E-state index contributed by atoms with van der Waals surface area (Å²) in [4.78, 5) is 3.19. The van der Waals surface area contributed by atoms with Gasteiger partial charge in [-0.3, -0.25) is 0 Å². The molecule has 0 aliphatic rings. The molecule has 0 amide bonds. The smallest absolute Gasteiger partial charge is 0.391 e. The third-order valence-electron chi connectivity index (χ3n) is 1.80. The minimum Gasteiger partial charge on any atom is -0.497 e. The summed E-state index contributed by atoms with van der Waals surface area (Å²) in [6.07, 6.45) is 0. The summed E-state index contributed by atoms with van der Waals surface area (Å²) in [6, 6.07) is 3.67. The lowest BCUT2D eigenvalue weighted by molar-refractivity contribution is 0.414. The van der Waals surface area contributed by atoms with Crippen LogP contribution in [0.25, 0.3) is 4.98 Å². The van der Waals surface area contributed by atoms with Crippen LogP contribution in [-0.2, 0) is 0 Å². The lowest BCUT2D eigenvalue weighted by Gasteiger charge is -1.99. The molecule has 0 aromatic heterocycles. The van der Waals surface area contributed by atoms with Crippen LogP contribution in [-0.4, -0.2) is 7.11 Å². The highest BCUT2D eigenvalue weighted by molar-refractivity contribution is 5.59. The maximum atomic E-state index is 8.65. The molecule has 0 saturated carbocycles. The normalized spacial score (nSPS) is 9.17. The molecule has 0 spiro atoms. The van der Waals surface area contributed by atoms with Crippen LogP contribution in [0.1, 0.15) is 11.1 Å². The maximum absolute atomic E-state index is 8.65. The fourth-order valence-electron chi connectivity index (χ4n) is 1.19. The molecule has 0 aliphatic heterocycles. The molecule has 3 heteroatoms. The highest BCUT2D eigenvalue weighted by atomic mass is 16.5. The number of rotatable bonds is 1. The Morgan fingerprint density at radius 2 is 1.75 bits per heavy atom. The summed E-state index contributed by atoms with van der Waals surface area (Å²) in [7, 11) is 1.62. The van der Waals surface area contributed by atoms with Gasteiger partial charge >= 0.3 is 5.69 Å². The maximum Gasteiger partial charge on any atom is 0.391 e. The molecule has 0 saturated heterocycles. The fourth-order valence-corrected chi connectivity index (χ4v) is 1.19. The van der Waals surface area contributed by atoms with Gasteiger partial charge in [0.2, 0.25) is 5.39 Å². The third-order valence-corrected chi connectivity index (χ3v) is 1.80. The van der Waals surface area contributed by atoms with E-state index < -0.39 is 0 Å². The molecule has 62 valence electrons. The number of hydrogen-bond donors (Lipinski definition) is 0. The van der Waals surface area contributed by atoms with Gasteiger partial charge in [0, 0.05) is 11.1 Å². The van der Waals surface area contributed by atoms with Crippen molar-refractivity contribution in [1.82, 2.24) is 0 Å². The van der Waals surface area contributed by atoms with Gasteiger partial charge in [0.05, 0.1) is 7.11 Å². The molecule has 1 aromatic carbocycles. The Kier molecular flexibility index (Phi) is 2.29. The predicted molar refractivity (Wildman–Crippen MR) is 47.2 cm³/mol. The zero-order chi connectivity index (χ0) is 9.14.